The van der Waals surface area contributed by atoms with E-state index in [1.54, 1.807) is 42.3 Å². The Bertz CT molecular complexity index is 1070. The summed E-state index contributed by atoms with van der Waals surface area (Å²) in [7, 11) is 1.60. The molecule has 1 aromatic heterocycles. The normalized spacial score (nSPS) is 10.6. The number of benzene rings is 2. The fourth-order valence-corrected chi connectivity index (χ4v) is 3.41. The van der Waals surface area contributed by atoms with Gasteiger partial charge in [0, 0.05) is 17.8 Å². The van der Waals surface area contributed by atoms with Crippen LogP contribution in [0, 0.1) is 0 Å². The van der Waals surface area contributed by atoms with Crippen LogP contribution in [-0.2, 0) is 4.79 Å². The lowest BCUT2D eigenvalue weighted by Gasteiger charge is -2.20. The molecule has 31 heavy (non-hydrogen) atoms. The minimum absolute atomic E-state index is 0.124. The van der Waals surface area contributed by atoms with E-state index in [1.165, 1.54) is 4.90 Å². The molecular formula is C22H22Cl2N4O3. The standard InChI is InChI=1S/C22H22Cl2N4O3/c1-3-11-27(14-21(29)25-19-9-4-15(23)13-18(19)24)22(30)20-10-12-28(26-20)16-5-7-17(31-2)8-6-16/h4-10,12-13H,3,11,14H2,1-2H3,(H,25,29). The van der Waals surface area contributed by atoms with Gasteiger partial charge < -0.3 is 15.0 Å². The summed E-state index contributed by atoms with van der Waals surface area (Å²) < 4.78 is 6.76. The summed E-state index contributed by atoms with van der Waals surface area (Å²) >= 11 is 12.0. The number of amides is 2. The van der Waals surface area contributed by atoms with Crippen LogP contribution in [0.25, 0.3) is 5.69 Å². The predicted molar refractivity (Wildman–Crippen MR) is 121 cm³/mol. The van der Waals surface area contributed by atoms with Crippen molar-refractivity contribution in [3.05, 3.63) is 70.5 Å². The molecule has 2 amide bonds. The number of hydrogen-bond donors (Lipinski definition) is 1. The predicted octanol–water partition coefficient (Wildman–Crippen LogP) is 4.68. The van der Waals surface area contributed by atoms with Gasteiger partial charge in [0.25, 0.3) is 5.91 Å². The van der Waals surface area contributed by atoms with Crippen molar-refractivity contribution in [2.24, 2.45) is 0 Å². The maximum Gasteiger partial charge on any atom is 0.274 e. The third-order valence-electron chi connectivity index (χ3n) is 4.47. The van der Waals surface area contributed by atoms with Crippen LogP contribution in [0.1, 0.15) is 23.8 Å². The molecule has 0 unspecified atom stereocenters. The lowest BCUT2D eigenvalue weighted by molar-refractivity contribution is -0.116. The average Bonchev–Trinajstić information content (AvgIpc) is 3.25. The van der Waals surface area contributed by atoms with E-state index < -0.39 is 0 Å². The first kappa shape index (κ1) is 22.7. The minimum Gasteiger partial charge on any atom is -0.497 e. The van der Waals surface area contributed by atoms with Crippen LogP contribution in [0.2, 0.25) is 10.0 Å². The molecule has 162 valence electrons. The molecule has 1 heterocycles. The van der Waals surface area contributed by atoms with Crippen LogP contribution in [0.5, 0.6) is 5.75 Å². The van der Waals surface area contributed by atoms with Crippen LogP contribution in [0.3, 0.4) is 0 Å². The molecule has 0 saturated carbocycles. The Morgan fingerprint density at radius 3 is 2.52 bits per heavy atom. The fraction of sp³-hybridized carbons (Fsp3) is 0.227. The molecule has 3 rings (SSSR count). The largest absolute Gasteiger partial charge is 0.497 e. The molecule has 0 aliphatic rings. The second-order valence-electron chi connectivity index (χ2n) is 6.74. The first-order valence-electron chi connectivity index (χ1n) is 9.65. The van der Waals surface area contributed by atoms with Gasteiger partial charge >= 0.3 is 0 Å². The Hall–Kier alpha value is -3.03. The van der Waals surface area contributed by atoms with Crippen molar-refractivity contribution < 1.29 is 14.3 Å². The molecule has 7 nitrogen and oxygen atoms in total. The van der Waals surface area contributed by atoms with Gasteiger partial charge in [-0.3, -0.25) is 9.59 Å². The Balaban J connectivity index is 1.71. The summed E-state index contributed by atoms with van der Waals surface area (Å²) in [6.45, 7) is 2.22. The molecule has 0 aliphatic heterocycles. The Labute approximate surface area is 190 Å². The van der Waals surface area contributed by atoms with Crippen molar-refractivity contribution in [2.45, 2.75) is 13.3 Å². The second kappa shape index (κ2) is 10.3. The van der Waals surface area contributed by atoms with Crippen LogP contribution in [-0.4, -0.2) is 46.7 Å². The SMILES string of the molecule is CCCN(CC(=O)Nc1ccc(Cl)cc1Cl)C(=O)c1ccn(-c2ccc(OC)cc2)n1. The van der Waals surface area contributed by atoms with Gasteiger partial charge in [-0.15, -0.1) is 0 Å². The van der Waals surface area contributed by atoms with E-state index in [9.17, 15) is 9.59 Å². The monoisotopic (exact) mass is 460 g/mol. The minimum atomic E-state index is -0.361. The number of methoxy groups -OCH3 is 1. The molecule has 0 radical (unpaired) electrons. The zero-order valence-electron chi connectivity index (χ0n) is 17.1. The summed E-state index contributed by atoms with van der Waals surface area (Å²) in [5.41, 5.74) is 1.47. The number of rotatable bonds is 8. The highest BCUT2D eigenvalue weighted by Gasteiger charge is 2.21. The third-order valence-corrected chi connectivity index (χ3v) is 5.01. The average molecular weight is 461 g/mol. The van der Waals surface area contributed by atoms with Gasteiger partial charge in [-0.1, -0.05) is 30.1 Å². The molecule has 3 aromatic rings. The van der Waals surface area contributed by atoms with Gasteiger partial charge in [-0.05, 0) is 55.0 Å². The number of aromatic nitrogens is 2. The van der Waals surface area contributed by atoms with Gasteiger partial charge in [0.1, 0.15) is 12.3 Å². The first-order chi connectivity index (χ1) is 14.9. The number of hydrogen-bond acceptors (Lipinski definition) is 4. The molecule has 0 spiro atoms. The number of carbonyl (C=O) groups excluding carboxylic acids is 2. The van der Waals surface area contributed by atoms with Crippen molar-refractivity contribution in [1.82, 2.24) is 14.7 Å². The molecule has 0 saturated heterocycles. The highest BCUT2D eigenvalue weighted by Crippen LogP contribution is 2.25. The van der Waals surface area contributed by atoms with E-state index in [1.807, 2.05) is 31.2 Å². The van der Waals surface area contributed by atoms with E-state index >= 15 is 0 Å². The number of anilines is 1. The van der Waals surface area contributed by atoms with Gasteiger partial charge in [0.2, 0.25) is 5.91 Å². The van der Waals surface area contributed by atoms with Crippen LogP contribution in [0.4, 0.5) is 5.69 Å². The fourth-order valence-electron chi connectivity index (χ4n) is 2.96. The molecule has 0 bridgehead atoms. The highest BCUT2D eigenvalue weighted by atomic mass is 35.5. The van der Waals surface area contributed by atoms with Gasteiger partial charge in [0.15, 0.2) is 5.69 Å². The maximum absolute atomic E-state index is 13.0. The van der Waals surface area contributed by atoms with E-state index in [0.29, 0.717) is 28.7 Å². The molecule has 9 heteroatoms. The lowest BCUT2D eigenvalue weighted by Crippen LogP contribution is -2.38. The van der Waals surface area contributed by atoms with Crippen molar-refractivity contribution in [3.8, 4) is 11.4 Å². The summed E-state index contributed by atoms with van der Waals surface area (Å²) in [4.78, 5) is 27.0. The topological polar surface area (TPSA) is 76.5 Å². The van der Waals surface area contributed by atoms with Crippen LogP contribution < -0.4 is 10.1 Å². The second-order valence-corrected chi connectivity index (χ2v) is 7.59. The third kappa shape index (κ3) is 5.77. The zero-order chi connectivity index (χ0) is 22.4. The highest BCUT2D eigenvalue weighted by molar-refractivity contribution is 6.36. The number of halogens is 2. The van der Waals surface area contributed by atoms with Gasteiger partial charge in [0.05, 0.1) is 23.5 Å². The molecule has 0 fully saturated rings. The lowest BCUT2D eigenvalue weighted by atomic mass is 10.3. The number of carbonyl (C=O) groups is 2. The summed E-state index contributed by atoms with van der Waals surface area (Å²) in [5, 5.41) is 7.88. The van der Waals surface area contributed by atoms with Gasteiger partial charge in [-0.25, -0.2) is 4.68 Å². The van der Waals surface area contributed by atoms with Crippen molar-refractivity contribution in [2.75, 3.05) is 25.5 Å². The van der Waals surface area contributed by atoms with E-state index in [2.05, 4.69) is 10.4 Å². The number of ether oxygens (including phenoxy) is 1. The molecule has 0 aliphatic carbocycles. The number of nitrogens with one attached hydrogen (secondary N) is 1. The molecule has 0 atom stereocenters. The summed E-state index contributed by atoms with van der Waals surface area (Å²) in [5.74, 6) is 0.0419. The van der Waals surface area contributed by atoms with E-state index in [0.717, 1.165) is 11.4 Å². The quantitative estimate of drug-likeness (QED) is 0.529. The maximum atomic E-state index is 13.0. The molecular weight excluding hydrogens is 439 g/mol. The smallest absolute Gasteiger partial charge is 0.274 e. The zero-order valence-corrected chi connectivity index (χ0v) is 18.7. The first-order valence-corrected chi connectivity index (χ1v) is 10.4. The number of nitrogens with zero attached hydrogens (tertiary/aromatic N) is 3. The van der Waals surface area contributed by atoms with Crippen molar-refractivity contribution in [3.63, 3.8) is 0 Å². The van der Waals surface area contributed by atoms with Crippen molar-refractivity contribution >= 4 is 40.7 Å². The Kier molecular flexibility index (Phi) is 7.55. The van der Waals surface area contributed by atoms with E-state index in [-0.39, 0.29) is 24.1 Å². The molecule has 1 N–H and O–H groups in total. The van der Waals surface area contributed by atoms with E-state index in [4.69, 9.17) is 27.9 Å². The Morgan fingerprint density at radius 2 is 1.87 bits per heavy atom. The van der Waals surface area contributed by atoms with Crippen LogP contribution >= 0.6 is 23.2 Å². The summed E-state index contributed by atoms with van der Waals surface area (Å²) in [6.07, 6.45) is 2.40. The van der Waals surface area contributed by atoms with Crippen LogP contribution in [0.15, 0.2) is 54.7 Å². The molecule has 2 aromatic carbocycles. The summed E-state index contributed by atoms with van der Waals surface area (Å²) in [6, 6.07) is 13.7. The Morgan fingerprint density at radius 1 is 1.13 bits per heavy atom. The van der Waals surface area contributed by atoms with Gasteiger partial charge in [-0.2, -0.15) is 5.10 Å². The van der Waals surface area contributed by atoms with Crippen molar-refractivity contribution in [1.29, 1.82) is 0 Å².